The van der Waals surface area contributed by atoms with Crippen LogP contribution >= 0.6 is 0 Å². The summed E-state index contributed by atoms with van der Waals surface area (Å²) in [5, 5.41) is 12.0. The number of furan rings is 1. The maximum absolute atomic E-state index is 12.2. The van der Waals surface area contributed by atoms with Crippen LogP contribution in [0.4, 0.5) is 4.79 Å². The molecule has 0 bridgehead atoms. The van der Waals surface area contributed by atoms with E-state index in [2.05, 4.69) is 5.32 Å². The first-order valence-electron chi connectivity index (χ1n) is 6.82. The number of urea groups is 1. The number of nitrogens with zero attached hydrogens (tertiary/aromatic N) is 1. The number of carbonyl (C=O) groups is 2. The Morgan fingerprint density at radius 2 is 2.00 bits per heavy atom. The maximum Gasteiger partial charge on any atom is 0.329 e. The van der Waals surface area contributed by atoms with Crippen molar-refractivity contribution in [3.63, 3.8) is 0 Å². The van der Waals surface area contributed by atoms with Crippen LogP contribution in [0.25, 0.3) is 0 Å². The molecule has 0 aliphatic carbocycles. The summed E-state index contributed by atoms with van der Waals surface area (Å²) in [6, 6.07) is 3.13. The van der Waals surface area contributed by atoms with Gasteiger partial charge in [-0.2, -0.15) is 0 Å². The lowest BCUT2D eigenvalue weighted by atomic mass is 9.93. The monoisotopic (exact) mass is 282 g/mol. The number of carboxylic acid groups (broad SMARTS) is 1. The minimum atomic E-state index is -1.21. The zero-order valence-corrected chi connectivity index (χ0v) is 12.2. The Morgan fingerprint density at radius 3 is 2.40 bits per heavy atom. The molecule has 0 aliphatic heterocycles. The number of hydrogen-bond donors (Lipinski definition) is 2. The van der Waals surface area contributed by atoms with Crippen molar-refractivity contribution in [3.05, 3.63) is 24.2 Å². The van der Waals surface area contributed by atoms with Crippen LogP contribution in [0.3, 0.4) is 0 Å². The van der Waals surface area contributed by atoms with E-state index in [1.807, 2.05) is 6.92 Å². The summed E-state index contributed by atoms with van der Waals surface area (Å²) in [6.45, 7) is 6.12. The van der Waals surface area contributed by atoms with Crippen LogP contribution in [0, 0.1) is 0 Å². The Labute approximate surface area is 118 Å². The van der Waals surface area contributed by atoms with Crippen molar-refractivity contribution in [1.29, 1.82) is 0 Å². The van der Waals surface area contributed by atoms with Crippen LogP contribution in [0.2, 0.25) is 0 Å². The highest BCUT2D eigenvalue weighted by Crippen LogP contribution is 2.16. The molecular weight excluding hydrogens is 260 g/mol. The predicted octanol–water partition coefficient (Wildman–Crippen LogP) is 2.45. The predicted molar refractivity (Wildman–Crippen MR) is 74.3 cm³/mol. The Morgan fingerprint density at radius 1 is 1.35 bits per heavy atom. The third kappa shape index (κ3) is 3.53. The van der Waals surface area contributed by atoms with E-state index in [1.165, 1.54) is 4.90 Å². The van der Waals surface area contributed by atoms with Gasteiger partial charge in [0.1, 0.15) is 11.3 Å². The summed E-state index contributed by atoms with van der Waals surface area (Å²) < 4.78 is 5.21. The summed E-state index contributed by atoms with van der Waals surface area (Å²) in [6.07, 6.45) is 2.21. The molecule has 1 aromatic rings. The molecule has 6 heteroatoms. The molecule has 1 aromatic heterocycles. The van der Waals surface area contributed by atoms with E-state index < -0.39 is 17.5 Å². The molecule has 2 amide bonds. The van der Waals surface area contributed by atoms with E-state index in [-0.39, 0.29) is 0 Å². The lowest BCUT2D eigenvalue weighted by molar-refractivity contribution is -0.144. The number of carboxylic acids is 1. The molecule has 0 saturated heterocycles. The van der Waals surface area contributed by atoms with E-state index in [1.54, 1.807) is 32.2 Å². The number of hydrogen-bond acceptors (Lipinski definition) is 3. The van der Waals surface area contributed by atoms with Crippen molar-refractivity contribution < 1.29 is 19.1 Å². The fourth-order valence-corrected chi connectivity index (χ4v) is 1.98. The fourth-order valence-electron chi connectivity index (χ4n) is 1.98. The summed E-state index contributed by atoms with van der Waals surface area (Å²) in [5.41, 5.74) is -1.21. The van der Waals surface area contributed by atoms with Gasteiger partial charge in [-0.25, -0.2) is 9.59 Å². The molecule has 0 radical (unpaired) electrons. The van der Waals surface area contributed by atoms with Crippen molar-refractivity contribution in [3.8, 4) is 0 Å². The highest BCUT2D eigenvalue weighted by molar-refractivity contribution is 5.86. The van der Waals surface area contributed by atoms with E-state index >= 15 is 0 Å². The van der Waals surface area contributed by atoms with E-state index in [0.717, 1.165) is 0 Å². The van der Waals surface area contributed by atoms with Gasteiger partial charge in [0.05, 0.1) is 12.8 Å². The standard InChI is InChI=1S/C14H22N2O4/c1-4-14(5-2,12(17)18)15-13(19)16(6-3)10-11-8-7-9-20-11/h7-9H,4-6,10H2,1-3H3,(H,15,19)(H,17,18). The average Bonchev–Trinajstić information content (AvgIpc) is 2.94. The second-order valence-electron chi connectivity index (χ2n) is 4.62. The first kappa shape index (κ1) is 16.1. The van der Waals surface area contributed by atoms with Gasteiger partial charge in [-0.05, 0) is 31.9 Å². The second kappa shape index (κ2) is 6.98. The molecule has 0 atom stereocenters. The zero-order chi connectivity index (χ0) is 15.2. The zero-order valence-electron chi connectivity index (χ0n) is 12.2. The summed E-state index contributed by atoms with van der Waals surface area (Å²) >= 11 is 0. The number of aliphatic carboxylic acids is 1. The van der Waals surface area contributed by atoms with Crippen LogP contribution in [-0.4, -0.2) is 34.1 Å². The summed E-state index contributed by atoms with van der Waals surface area (Å²) in [5.74, 6) is -0.346. The van der Waals surface area contributed by atoms with E-state index in [9.17, 15) is 14.7 Å². The quantitative estimate of drug-likeness (QED) is 0.804. The average molecular weight is 282 g/mol. The van der Waals surface area contributed by atoms with Gasteiger partial charge in [0.2, 0.25) is 0 Å². The Kier molecular flexibility index (Phi) is 5.61. The molecule has 6 nitrogen and oxygen atoms in total. The molecule has 0 aliphatic rings. The Bertz CT molecular complexity index is 438. The molecule has 1 rings (SSSR count). The first-order valence-corrected chi connectivity index (χ1v) is 6.82. The molecule has 0 fully saturated rings. The van der Waals surface area contributed by atoms with Crippen LogP contribution in [0.15, 0.2) is 22.8 Å². The van der Waals surface area contributed by atoms with Crippen molar-refractivity contribution in [2.75, 3.05) is 6.54 Å². The highest BCUT2D eigenvalue weighted by Gasteiger charge is 2.37. The minimum absolute atomic E-state index is 0.318. The second-order valence-corrected chi connectivity index (χ2v) is 4.62. The van der Waals surface area contributed by atoms with Gasteiger partial charge in [0.15, 0.2) is 0 Å². The summed E-state index contributed by atoms with van der Waals surface area (Å²) in [7, 11) is 0. The van der Waals surface area contributed by atoms with Crippen LogP contribution < -0.4 is 5.32 Å². The minimum Gasteiger partial charge on any atom is -0.480 e. The molecule has 0 saturated carbocycles. The lowest BCUT2D eigenvalue weighted by Crippen LogP contribution is -2.57. The van der Waals surface area contributed by atoms with Crippen LogP contribution in [-0.2, 0) is 11.3 Å². The normalized spacial score (nSPS) is 11.2. The van der Waals surface area contributed by atoms with Gasteiger partial charge in [-0.1, -0.05) is 13.8 Å². The topological polar surface area (TPSA) is 82.8 Å². The number of carbonyl (C=O) groups excluding carboxylic acids is 1. The third-order valence-electron chi connectivity index (χ3n) is 3.56. The lowest BCUT2D eigenvalue weighted by Gasteiger charge is -2.31. The SMILES string of the molecule is CCN(Cc1ccco1)C(=O)NC(CC)(CC)C(=O)O. The fraction of sp³-hybridized carbons (Fsp3) is 0.571. The molecule has 0 spiro atoms. The molecule has 112 valence electrons. The first-order chi connectivity index (χ1) is 9.49. The van der Waals surface area contributed by atoms with E-state index in [0.29, 0.717) is 31.7 Å². The van der Waals surface area contributed by atoms with Gasteiger partial charge >= 0.3 is 12.0 Å². The van der Waals surface area contributed by atoms with Crippen LogP contribution in [0.5, 0.6) is 0 Å². The van der Waals surface area contributed by atoms with Crippen molar-refractivity contribution in [2.24, 2.45) is 0 Å². The molecule has 1 heterocycles. The van der Waals surface area contributed by atoms with Crippen molar-refractivity contribution in [1.82, 2.24) is 10.2 Å². The maximum atomic E-state index is 12.2. The van der Waals surface area contributed by atoms with Gasteiger partial charge in [0, 0.05) is 6.54 Å². The molecular formula is C14H22N2O4. The van der Waals surface area contributed by atoms with Crippen molar-refractivity contribution in [2.45, 2.75) is 45.7 Å². The summed E-state index contributed by atoms with van der Waals surface area (Å²) in [4.78, 5) is 25.2. The molecule has 0 aromatic carbocycles. The van der Waals surface area contributed by atoms with Crippen molar-refractivity contribution >= 4 is 12.0 Å². The van der Waals surface area contributed by atoms with Gasteiger partial charge < -0.3 is 19.7 Å². The number of nitrogens with one attached hydrogen (secondary N) is 1. The van der Waals surface area contributed by atoms with Crippen LogP contribution in [0.1, 0.15) is 39.4 Å². The largest absolute Gasteiger partial charge is 0.480 e. The van der Waals surface area contributed by atoms with Gasteiger partial charge in [-0.15, -0.1) is 0 Å². The van der Waals surface area contributed by atoms with Gasteiger partial charge in [-0.3, -0.25) is 0 Å². The molecule has 2 N–H and O–H groups in total. The van der Waals surface area contributed by atoms with Gasteiger partial charge in [0.25, 0.3) is 0 Å². The third-order valence-corrected chi connectivity index (χ3v) is 3.56. The molecule has 20 heavy (non-hydrogen) atoms. The number of rotatable bonds is 7. The number of amides is 2. The highest BCUT2D eigenvalue weighted by atomic mass is 16.4. The molecule has 0 unspecified atom stereocenters. The Hall–Kier alpha value is -1.98. The van der Waals surface area contributed by atoms with E-state index in [4.69, 9.17) is 4.42 Å². The smallest absolute Gasteiger partial charge is 0.329 e. The Balaban J connectivity index is 2.78.